The average molecular weight is 407 g/mol. The number of nitro groups is 1. The van der Waals surface area contributed by atoms with E-state index in [4.69, 9.17) is 4.74 Å². The fourth-order valence-corrected chi connectivity index (χ4v) is 3.63. The number of hydrogen-bond donors (Lipinski definition) is 1. The van der Waals surface area contributed by atoms with Crippen molar-refractivity contribution in [3.63, 3.8) is 0 Å². The number of methoxy groups -OCH3 is 1. The van der Waals surface area contributed by atoms with Crippen LogP contribution in [0, 0.1) is 10.1 Å². The summed E-state index contributed by atoms with van der Waals surface area (Å²) in [6.45, 7) is 1.98. The summed E-state index contributed by atoms with van der Waals surface area (Å²) in [4.78, 5) is 27.7. The lowest BCUT2D eigenvalue weighted by molar-refractivity contribution is -0.384. The summed E-state index contributed by atoms with van der Waals surface area (Å²) in [7, 11) is 1.60. The van der Waals surface area contributed by atoms with Crippen LogP contribution < -0.4 is 9.64 Å². The number of nitrogens with one attached hydrogen (secondary N) is 1. The molecule has 0 atom stereocenters. The molecule has 0 unspecified atom stereocenters. The van der Waals surface area contributed by atoms with Crippen LogP contribution in [0.4, 0.5) is 11.4 Å². The van der Waals surface area contributed by atoms with E-state index < -0.39 is 0 Å². The molecule has 0 radical (unpaired) electrons. The molecule has 9 nitrogen and oxygen atoms in total. The third-order valence-electron chi connectivity index (χ3n) is 5.23. The molecule has 154 valence electrons. The Morgan fingerprint density at radius 2 is 1.80 bits per heavy atom. The first-order valence-electron chi connectivity index (χ1n) is 9.54. The minimum absolute atomic E-state index is 0.0777. The third-order valence-corrected chi connectivity index (χ3v) is 5.23. The minimum atomic E-state index is -0.376. The summed E-state index contributed by atoms with van der Waals surface area (Å²) >= 11 is 0. The van der Waals surface area contributed by atoms with Gasteiger partial charge in [0.2, 0.25) is 0 Å². The van der Waals surface area contributed by atoms with Gasteiger partial charge in [0, 0.05) is 37.8 Å². The number of ether oxygens (including phenoxy) is 1. The predicted octanol–water partition coefficient (Wildman–Crippen LogP) is 2.96. The second-order valence-electron chi connectivity index (χ2n) is 6.91. The monoisotopic (exact) mass is 407 g/mol. The topological polar surface area (TPSA) is 105 Å². The van der Waals surface area contributed by atoms with Crippen molar-refractivity contribution in [3.8, 4) is 17.0 Å². The van der Waals surface area contributed by atoms with Crippen molar-refractivity contribution in [2.24, 2.45) is 0 Å². The number of nitrogens with zero attached hydrogens (tertiary/aromatic N) is 4. The summed E-state index contributed by atoms with van der Waals surface area (Å²) in [5.41, 5.74) is 2.66. The van der Waals surface area contributed by atoms with Crippen molar-refractivity contribution >= 4 is 17.3 Å². The molecule has 1 fully saturated rings. The number of carbonyl (C=O) groups excluding carboxylic acids is 1. The molecular formula is C21H21N5O4. The van der Waals surface area contributed by atoms with E-state index in [-0.39, 0.29) is 16.5 Å². The number of para-hydroxylation sites is 2. The molecule has 0 spiro atoms. The number of aromatic nitrogens is 2. The normalized spacial score (nSPS) is 13.9. The molecule has 1 amide bonds. The van der Waals surface area contributed by atoms with E-state index in [0.717, 1.165) is 11.3 Å². The van der Waals surface area contributed by atoms with E-state index >= 15 is 0 Å². The number of hydrogen-bond acceptors (Lipinski definition) is 6. The zero-order chi connectivity index (χ0) is 21.1. The van der Waals surface area contributed by atoms with Gasteiger partial charge in [-0.05, 0) is 30.3 Å². The molecule has 1 aliphatic rings. The highest BCUT2D eigenvalue weighted by Crippen LogP contribution is 2.29. The molecule has 1 saturated heterocycles. The molecule has 4 rings (SSSR count). The van der Waals surface area contributed by atoms with Crippen LogP contribution in [0.3, 0.4) is 0 Å². The Morgan fingerprint density at radius 3 is 2.47 bits per heavy atom. The van der Waals surface area contributed by atoms with E-state index in [1.165, 1.54) is 12.3 Å². The standard InChI is InChI=1S/C21H21N5O4/c1-30-16-8-6-15(7-9-16)20-17(14-22-23-20)21(27)25-12-10-24(11-13-25)18-4-2-3-5-19(18)26(28)29/h2-9,14H,10-13H2,1H3,(H,22,23). The second kappa shape index (κ2) is 8.24. The third kappa shape index (κ3) is 3.69. The van der Waals surface area contributed by atoms with Crippen LogP contribution in [0.1, 0.15) is 10.4 Å². The SMILES string of the molecule is COc1ccc(-c2[nH]ncc2C(=O)N2CCN(c3ccccc3[N+](=O)[O-])CC2)cc1. The lowest BCUT2D eigenvalue weighted by Gasteiger charge is -2.35. The number of aromatic amines is 1. The first kappa shape index (κ1) is 19.4. The van der Waals surface area contributed by atoms with Crippen molar-refractivity contribution in [1.82, 2.24) is 15.1 Å². The molecule has 30 heavy (non-hydrogen) atoms. The average Bonchev–Trinajstić information content (AvgIpc) is 3.28. The van der Waals surface area contributed by atoms with Crippen molar-refractivity contribution in [3.05, 3.63) is 70.4 Å². The molecule has 0 saturated carbocycles. The number of piperazine rings is 1. The van der Waals surface area contributed by atoms with Gasteiger partial charge in [-0.1, -0.05) is 12.1 Å². The lowest BCUT2D eigenvalue weighted by Crippen LogP contribution is -2.49. The number of rotatable bonds is 5. The summed E-state index contributed by atoms with van der Waals surface area (Å²) < 4.78 is 5.18. The van der Waals surface area contributed by atoms with E-state index in [1.807, 2.05) is 29.2 Å². The molecule has 1 aromatic heterocycles. The van der Waals surface area contributed by atoms with Gasteiger partial charge in [0.05, 0.1) is 29.5 Å². The first-order chi connectivity index (χ1) is 14.6. The summed E-state index contributed by atoms with van der Waals surface area (Å²) in [5.74, 6) is 0.619. The molecule has 1 aliphatic heterocycles. The number of amides is 1. The molecule has 1 N–H and O–H groups in total. The highest BCUT2D eigenvalue weighted by atomic mass is 16.6. The second-order valence-corrected chi connectivity index (χ2v) is 6.91. The Kier molecular flexibility index (Phi) is 5.34. The van der Waals surface area contributed by atoms with E-state index in [9.17, 15) is 14.9 Å². The Labute approximate surface area is 173 Å². The van der Waals surface area contributed by atoms with Crippen LogP contribution in [0.5, 0.6) is 5.75 Å². The van der Waals surface area contributed by atoms with Gasteiger partial charge in [-0.25, -0.2) is 0 Å². The van der Waals surface area contributed by atoms with Gasteiger partial charge in [0.15, 0.2) is 0 Å². The van der Waals surface area contributed by atoms with Crippen molar-refractivity contribution in [2.45, 2.75) is 0 Å². The smallest absolute Gasteiger partial charge is 0.292 e. The number of anilines is 1. The van der Waals surface area contributed by atoms with Gasteiger partial charge in [0.1, 0.15) is 11.4 Å². The quantitative estimate of drug-likeness (QED) is 0.515. The van der Waals surface area contributed by atoms with Gasteiger partial charge in [-0.15, -0.1) is 0 Å². The maximum absolute atomic E-state index is 13.1. The molecule has 0 aliphatic carbocycles. The number of carbonyl (C=O) groups is 1. The van der Waals surface area contributed by atoms with Gasteiger partial charge in [0.25, 0.3) is 11.6 Å². The highest BCUT2D eigenvalue weighted by molar-refractivity contribution is 6.00. The van der Waals surface area contributed by atoms with Gasteiger partial charge in [-0.2, -0.15) is 5.10 Å². The zero-order valence-electron chi connectivity index (χ0n) is 16.4. The van der Waals surface area contributed by atoms with Crippen LogP contribution in [-0.4, -0.2) is 59.2 Å². The summed E-state index contributed by atoms with van der Waals surface area (Å²) in [6.07, 6.45) is 1.54. The fraction of sp³-hybridized carbons (Fsp3) is 0.238. The molecule has 2 aromatic carbocycles. The highest BCUT2D eigenvalue weighted by Gasteiger charge is 2.27. The predicted molar refractivity (Wildman–Crippen MR) is 112 cm³/mol. The zero-order valence-corrected chi connectivity index (χ0v) is 16.4. The maximum Gasteiger partial charge on any atom is 0.292 e. The number of H-pyrrole nitrogens is 1. The molecular weight excluding hydrogens is 386 g/mol. The van der Waals surface area contributed by atoms with Crippen LogP contribution in [0.2, 0.25) is 0 Å². The molecule has 3 aromatic rings. The Balaban J connectivity index is 1.48. The van der Waals surface area contributed by atoms with Crippen molar-refractivity contribution < 1.29 is 14.5 Å². The summed E-state index contributed by atoms with van der Waals surface area (Å²) in [6, 6.07) is 14.1. The van der Waals surface area contributed by atoms with Gasteiger partial charge < -0.3 is 14.5 Å². The number of benzene rings is 2. The van der Waals surface area contributed by atoms with Gasteiger partial charge in [-0.3, -0.25) is 20.0 Å². The molecule has 0 bridgehead atoms. The Bertz CT molecular complexity index is 1060. The van der Waals surface area contributed by atoms with E-state index in [2.05, 4.69) is 10.2 Å². The molecule has 2 heterocycles. The Morgan fingerprint density at radius 1 is 1.10 bits per heavy atom. The largest absolute Gasteiger partial charge is 0.497 e. The summed E-state index contributed by atoms with van der Waals surface area (Å²) in [5, 5.41) is 18.3. The minimum Gasteiger partial charge on any atom is -0.497 e. The van der Waals surface area contributed by atoms with Crippen LogP contribution in [-0.2, 0) is 0 Å². The van der Waals surface area contributed by atoms with E-state index in [1.54, 1.807) is 30.2 Å². The maximum atomic E-state index is 13.1. The van der Waals surface area contributed by atoms with Gasteiger partial charge >= 0.3 is 0 Å². The van der Waals surface area contributed by atoms with E-state index in [0.29, 0.717) is 43.1 Å². The number of nitro benzene ring substituents is 1. The van der Waals surface area contributed by atoms with Crippen molar-refractivity contribution in [2.75, 3.05) is 38.2 Å². The fourth-order valence-electron chi connectivity index (χ4n) is 3.63. The molecule has 9 heteroatoms. The lowest BCUT2D eigenvalue weighted by atomic mass is 10.1. The van der Waals surface area contributed by atoms with Crippen molar-refractivity contribution in [1.29, 1.82) is 0 Å². The van der Waals surface area contributed by atoms with Crippen LogP contribution >= 0.6 is 0 Å². The Hall–Kier alpha value is -3.88. The first-order valence-corrected chi connectivity index (χ1v) is 9.54. The van der Waals surface area contributed by atoms with Crippen LogP contribution in [0.25, 0.3) is 11.3 Å². The van der Waals surface area contributed by atoms with Crippen LogP contribution in [0.15, 0.2) is 54.7 Å².